The number of benzene rings is 1. The van der Waals surface area contributed by atoms with Gasteiger partial charge in [0.05, 0.1) is 11.4 Å². The number of halogens is 1. The Bertz CT molecular complexity index is 428. The fraction of sp³-hybridized carbons (Fsp3) is 0.417. The number of hydrogen-bond acceptors (Lipinski definition) is 2. The van der Waals surface area contributed by atoms with E-state index in [0.29, 0.717) is 11.4 Å². The van der Waals surface area contributed by atoms with Crippen LogP contribution in [-0.4, -0.2) is 10.8 Å². The van der Waals surface area contributed by atoms with Crippen LogP contribution in [0.1, 0.15) is 32.3 Å². The number of hydrogen-bond donors (Lipinski definition) is 1. The number of aliphatic hydroxyl groups is 1. The number of aliphatic imine (C=N–C) groups is 1. The van der Waals surface area contributed by atoms with Gasteiger partial charge in [-0.15, -0.1) is 0 Å². The van der Waals surface area contributed by atoms with Crippen LogP contribution >= 0.6 is 11.6 Å². The Morgan fingerprint density at radius 2 is 2.13 bits per heavy atom. The summed E-state index contributed by atoms with van der Waals surface area (Å²) in [6.07, 6.45) is 1.39. The monoisotopic (exact) mass is 223 g/mol. The molecule has 0 saturated carbocycles. The van der Waals surface area contributed by atoms with Crippen LogP contribution in [0.3, 0.4) is 0 Å². The molecule has 1 N–H and O–H groups in total. The van der Waals surface area contributed by atoms with E-state index in [2.05, 4.69) is 4.99 Å². The molecule has 0 radical (unpaired) electrons. The first-order valence-electron chi connectivity index (χ1n) is 5.22. The van der Waals surface area contributed by atoms with E-state index in [1.54, 1.807) is 6.07 Å². The fourth-order valence-electron chi connectivity index (χ4n) is 2.10. The van der Waals surface area contributed by atoms with Crippen LogP contribution < -0.4 is 0 Å². The van der Waals surface area contributed by atoms with Crippen molar-refractivity contribution in [3.63, 3.8) is 0 Å². The molecule has 1 heterocycles. The van der Waals surface area contributed by atoms with Crippen molar-refractivity contribution in [3.05, 3.63) is 28.8 Å². The molecule has 2 nitrogen and oxygen atoms in total. The third-order valence-corrected chi connectivity index (χ3v) is 3.22. The third kappa shape index (κ3) is 1.48. The second kappa shape index (κ2) is 3.62. The van der Waals surface area contributed by atoms with E-state index in [1.807, 2.05) is 26.0 Å². The van der Waals surface area contributed by atoms with Crippen LogP contribution in [0.15, 0.2) is 23.2 Å². The molecule has 2 rings (SSSR count). The van der Waals surface area contributed by atoms with Gasteiger partial charge in [0.1, 0.15) is 5.60 Å². The summed E-state index contributed by atoms with van der Waals surface area (Å²) < 4.78 is 0. The smallest absolute Gasteiger partial charge is 0.129 e. The molecule has 0 bridgehead atoms. The molecule has 80 valence electrons. The first-order valence-corrected chi connectivity index (χ1v) is 5.60. The lowest BCUT2D eigenvalue weighted by atomic mass is 9.87. The summed E-state index contributed by atoms with van der Waals surface area (Å²) in [6.45, 7) is 3.97. The van der Waals surface area contributed by atoms with Crippen LogP contribution in [-0.2, 0) is 5.60 Å². The molecule has 1 aliphatic rings. The van der Waals surface area contributed by atoms with Gasteiger partial charge in [0, 0.05) is 10.6 Å². The molecule has 0 fully saturated rings. The summed E-state index contributed by atoms with van der Waals surface area (Å²) in [4.78, 5) is 4.44. The van der Waals surface area contributed by atoms with Crippen molar-refractivity contribution >= 4 is 23.0 Å². The lowest BCUT2D eigenvalue weighted by Gasteiger charge is -2.24. The minimum absolute atomic E-state index is 0.632. The summed E-state index contributed by atoms with van der Waals surface area (Å²) >= 11 is 5.94. The first-order chi connectivity index (χ1) is 7.11. The second-order valence-electron chi connectivity index (χ2n) is 3.79. The molecular weight excluding hydrogens is 210 g/mol. The van der Waals surface area contributed by atoms with Crippen LogP contribution in [0.2, 0.25) is 5.02 Å². The number of rotatable bonds is 2. The molecule has 0 spiro atoms. The van der Waals surface area contributed by atoms with E-state index in [9.17, 15) is 5.11 Å². The van der Waals surface area contributed by atoms with Gasteiger partial charge in [-0.05, 0) is 31.0 Å². The second-order valence-corrected chi connectivity index (χ2v) is 4.22. The maximum absolute atomic E-state index is 10.5. The van der Waals surface area contributed by atoms with Crippen molar-refractivity contribution in [1.82, 2.24) is 0 Å². The molecule has 1 aromatic rings. The van der Waals surface area contributed by atoms with Gasteiger partial charge in [0.15, 0.2) is 0 Å². The van der Waals surface area contributed by atoms with Gasteiger partial charge in [-0.1, -0.05) is 25.4 Å². The minimum atomic E-state index is -0.908. The summed E-state index contributed by atoms with van der Waals surface area (Å²) in [5.41, 5.74) is 1.62. The molecule has 0 aliphatic carbocycles. The average Bonchev–Trinajstić information content (AvgIpc) is 2.53. The highest BCUT2D eigenvalue weighted by molar-refractivity contribution is 6.30. The van der Waals surface area contributed by atoms with Crippen molar-refractivity contribution in [2.45, 2.75) is 32.3 Å². The van der Waals surface area contributed by atoms with Crippen molar-refractivity contribution in [3.8, 4) is 0 Å². The number of nitrogens with zero attached hydrogens (tertiary/aromatic N) is 1. The first kappa shape index (κ1) is 10.7. The fourth-order valence-corrected chi connectivity index (χ4v) is 2.27. The largest absolute Gasteiger partial charge is 0.379 e. The molecule has 0 amide bonds. The van der Waals surface area contributed by atoms with Gasteiger partial charge in [-0.2, -0.15) is 0 Å². The predicted molar refractivity (Wildman–Crippen MR) is 63.0 cm³/mol. The molecule has 0 saturated heterocycles. The van der Waals surface area contributed by atoms with Crippen LogP contribution in [0, 0.1) is 0 Å². The Morgan fingerprint density at radius 3 is 2.73 bits per heavy atom. The zero-order valence-corrected chi connectivity index (χ0v) is 9.67. The van der Waals surface area contributed by atoms with Crippen LogP contribution in [0.4, 0.5) is 5.69 Å². The van der Waals surface area contributed by atoms with Gasteiger partial charge in [0.25, 0.3) is 0 Å². The SMILES string of the molecule is CCC1=Nc2ccc(Cl)cc2C1(O)CC. The van der Waals surface area contributed by atoms with E-state index in [0.717, 1.165) is 23.4 Å². The van der Waals surface area contributed by atoms with Crippen LogP contribution in [0.5, 0.6) is 0 Å². The van der Waals surface area contributed by atoms with Crippen molar-refractivity contribution in [1.29, 1.82) is 0 Å². The van der Waals surface area contributed by atoms with E-state index >= 15 is 0 Å². The predicted octanol–water partition coefficient (Wildman–Crippen LogP) is 3.43. The summed E-state index contributed by atoms with van der Waals surface area (Å²) in [6, 6.07) is 5.48. The Balaban J connectivity index is 2.59. The van der Waals surface area contributed by atoms with Gasteiger partial charge in [-0.25, -0.2) is 0 Å². The normalized spacial score (nSPS) is 23.9. The average molecular weight is 224 g/mol. The van der Waals surface area contributed by atoms with E-state index in [-0.39, 0.29) is 0 Å². The number of fused-ring (bicyclic) bond motifs is 1. The maximum Gasteiger partial charge on any atom is 0.129 e. The third-order valence-electron chi connectivity index (χ3n) is 2.98. The van der Waals surface area contributed by atoms with E-state index in [4.69, 9.17) is 11.6 Å². The quantitative estimate of drug-likeness (QED) is 0.819. The van der Waals surface area contributed by atoms with Gasteiger partial charge in [0.2, 0.25) is 0 Å². The van der Waals surface area contributed by atoms with Crippen LogP contribution in [0.25, 0.3) is 0 Å². The lowest BCUT2D eigenvalue weighted by molar-refractivity contribution is 0.109. The maximum atomic E-state index is 10.5. The molecule has 0 aromatic heterocycles. The molecule has 15 heavy (non-hydrogen) atoms. The Labute approximate surface area is 94.6 Å². The van der Waals surface area contributed by atoms with Crippen molar-refractivity contribution in [2.24, 2.45) is 4.99 Å². The Hall–Kier alpha value is -0.860. The topological polar surface area (TPSA) is 32.6 Å². The van der Waals surface area contributed by atoms with E-state index in [1.165, 1.54) is 0 Å². The molecule has 1 aliphatic heterocycles. The van der Waals surface area contributed by atoms with Gasteiger partial charge in [-0.3, -0.25) is 4.99 Å². The Kier molecular flexibility index (Phi) is 2.57. The highest BCUT2D eigenvalue weighted by Crippen LogP contribution is 2.42. The Morgan fingerprint density at radius 1 is 1.40 bits per heavy atom. The standard InChI is InChI=1S/C12H14ClNO/c1-3-11-12(15,4-2)9-7-8(13)5-6-10(9)14-11/h5-7,15H,3-4H2,1-2H3. The minimum Gasteiger partial charge on any atom is -0.379 e. The summed E-state index contributed by atoms with van der Waals surface area (Å²) in [5.74, 6) is 0. The zero-order valence-electron chi connectivity index (χ0n) is 8.92. The summed E-state index contributed by atoms with van der Waals surface area (Å²) in [7, 11) is 0. The lowest BCUT2D eigenvalue weighted by Crippen LogP contribution is -2.31. The molecular formula is C12H14ClNO. The molecule has 1 aromatic carbocycles. The van der Waals surface area contributed by atoms with Gasteiger partial charge < -0.3 is 5.11 Å². The van der Waals surface area contributed by atoms with Crippen molar-refractivity contribution in [2.75, 3.05) is 0 Å². The molecule has 3 heteroatoms. The molecule has 1 unspecified atom stereocenters. The van der Waals surface area contributed by atoms with Gasteiger partial charge >= 0.3 is 0 Å². The van der Waals surface area contributed by atoms with Crippen molar-refractivity contribution < 1.29 is 5.11 Å². The molecule has 1 atom stereocenters. The highest BCUT2D eigenvalue weighted by atomic mass is 35.5. The van der Waals surface area contributed by atoms with E-state index < -0.39 is 5.60 Å². The highest BCUT2D eigenvalue weighted by Gasteiger charge is 2.38. The zero-order chi connectivity index (χ0) is 11.1. The summed E-state index contributed by atoms with van der Waals surface area (Å²) in [5, 5.41) is 11.2.